The van der Waals surface area contributed by atoms with Crippen molar-refractivity contribution in [1.82, 2.24) is 9.78 Å². The Labute approximate surface area is 143 Å². The number of hydrogen-bond acceptors (Lipinski definition) is 4. The maximum Gasteiger partial charge on any atom is 0.194 e. The van der Waals surface area contributed by atoms with Crippen LogP contribution < -0.4 is 4.90 Å². The Morgan fingerprint density at radius 1 is 1.20 bits per heavy atom. The molecule has 1 unspecified atom stereocenters. The molecule has 5 nitrogen and oxygen atoms in total. The number of benzene rings is 2. The lowest BCUT2D eigenvalue weighted by molar-refractivity contribution is 0.0532. The number of hydrogen-bond donors (Lipinski definition) is 1. The van der Waals surface area contributed by atoms with Crippen LogP contribution in [0.15, 0.2) is 36.5 Å². The fourth-order valence-corrected chi connectivity index (χ4v) is 3.16. The highest BCUT2D eigenvalue weighted by Gasteiger charge is 2.19. The number of ether oxygens (including phenoxy) is 1. The van der Waals surface area contributed by atoms with Crippen LogP contribution in [-0.4, -0.2) is 40.7 Å². The summed E-state index contributed by atoms with van der Waals surface area (Å²) in [5, 5.41) is 13.9. The van der Waals surface area contributed by atoms with E-state index >= 15 is 0 Å². The number of fused-ring (bicyclic) bond motifs is 1. The van der Waals surface area contributed by atoms with E-state index in [0.717, 1.165) is 24.8 Å². The first-order valence-corrected chi connectivity index (χ1v) is 8.06. The Bertz CT molecular complexity index is 924. The number of anilines is 1. The number of nitrogens with zero attached hydrogens (tertiary/aromatic N) is 3. The molecule has 4 rings (SSSR count). The van der Waals surface area contributed by atoms with E-state index in [9.17, 15) is 13.9 Å². The van der Waals surface area contributed by atoms with Gasteiger partial charge in [0.05, 0.1) is 24.6 Å². The minimum Gasteiger partial charge on any atom is -0.503 e. The van der Waals surface area contributed by atoms with Crippen molar-refractivity contribution in [2.24, 2.45) is 0 Å². The standard InChI is InChI=1S/C18H17F2N3O2/c1-11-10-22(6-7-25-11)13-2-4-14(5-3-13)23-17-12(9-21-23)8-15(19)18(24)16(17)20/h2-5,8-9,11,24H,6-7,10H2,1H3. The van der Waals surface area contributed by atoms with Crippen LogP contribution in [0.5, 0.6) is 5.75 Å². The Hall–Kier alpha value is -2.67. The minimum atomic E-state index is -1.02. The monoisotopic (exact) mass is 345 g/mol. The van der Waals surface area contributed by atoms with E-state index in [4.69, 9.17) is 4.74 Å². The average molecular weight is 345 g/mol. The van der Waals surface area contributed by atoms with Gasteiger partial charge in [-0.2, -0.15) is 5.10 Å². The maximum absolute atomic E-state index is 14.3. The molecule has 25 heavy (non-hydrogen) atoms. The van der Waals surface area contributed by atoms with E-state index in [0.29, 0.717) is 17.7 Å². The van der Waals surface area contributed by atoms with Crippen LogP contribution in [0.2, 0.25) is 0 Å². The van der Waals surface area contributed by atoms with Crippen molar-refractivity contribution in [2.75, 3.05) is 24.6 Å². The fourth-order valence-electron chi connectivity index (χ4n) is 3.16. The summed E-state index contributed by atoms with van der Waals surface area (Å²) in [4.78, 5) is 2.22. The fraction of sp³-hybridized carbons (Fsp3) is 0.278. The Balaban J connectivity index is 1.71. The normalized spacial score (nSPS) is 18.0. The second-order valence-corrected chi connectivity index (χ2v) is 6.16. The number of halogens is 2. The van der Waals surface area contributed by atoms with Gasteiger partial charge in [0.15, 0.2) is 17.4 Å². The molecule has 1 aliphatic rings. The summed E-state index contributed by atoms with van der Waals surface area (Å²) < 4.78 is 34.6. The van der Waals surface area contributed by atoms with E-state index in [1.165, 1.54) is 10.9 Å². The van der Waals surface area contributed by atoms with Gasteiger partial charge in [-0.05, 0) is 37.3 Å². The van der Waals surface area contributed by atoms with Gasteiger partial charge >= 0.3 is 0 Å². The molecule has 0 bridgehead atoms. The first-order chi connectivity index (χ1) is 12.0. The highest BCUT2D eigenvalue weighted by molar-refractivity contribution is 5.82. The highest BCUT2D eigenvalue weighted by atomic mass is 19.1. The van der Waals surface area contributed by atoms with Gasteiger partial charge in [0.2, 0.25) is 0 Å². The summed E-state index contributed by atoms with van der Waals surface area (Å²) in [5.74, 6) is -3.01. The van der Waals surface area contributed by atoms with E-state index in [2.05, 4.69) is 10.00 Å². The molecule has 2 aromatic carbocycles. The summed E-state index contributed by atoms with van der Waals surface area (Å²) in [6.45, 7) is 4.34. The van der Waals surface area contributed by atoms with Crippen molar-refractivity contribution in [3.8, 4) is 11.4 Å². The molecule has 1 aliphatic heterocycles. The van der Waals surface area contributed by atoms with Gasteiger partial charge in [-0.15, -0.1) is 0 Å². The van der Waals surface area contributed by atoms with E-state index < -0.39 is 17.4 Å². The van der Waals surface area contributed by atoms with Crippen molar-refractivity contribution in [1.29, 1.82) is 0 Å². The topological polar surface area (TPSA) is 50.5 Å². The minimum absolute atomic E-state index is 0.0478. The summed E-state index contributed by atoms with van der Waals surface area (Å²) in [6.07, 6.45) is 1.55. The van der Waals surface area contributed by atoms with E-state index in [-0.39, 0.29) is 11.6 Å². The third-order valence-electron chi connectivity index (χ3n) is 4.42. The molecule has 2 heterocycles. The molecule has 0 amide bonds. The molecule has 1 N–H and O–H groups in total. The third kappa shape index (κ3) is 2.70. The predicted molar refractivity (Wildman–Crippen MR) is 90.3 cm³/mol. The zero-order valence-corrected chi connectivity index (χ0v) is 13.6. The number of phenolic OH excluding ortho intramolecular Hbond substituents is 1. The first kappa shape index (κ1) is 15.8. The zero-order chi connectivity index (χ0) is 17.6. The van der Waals surface area contributed by atoms with Crippen LogP contribution in [0.25, 0.3) is 16.6 Å². The van der Waals surface area contributed by atoms with Gasteiger partial charge in [-0.25, -0.2) is 13.5 Å². The van der Waals surface area contributed by atoms with Crippen molar-refractivity contribution in [2.45, 2.75) is 13.0 Å². The van der Waals surface area contributed by atoms with E-state index in [1.807, 2.05) is 31.2 Å². The highest BCUT2D eigenvalue weighted by Crippen LogP contribution is 2.30. The lowest BCUT2D eigenvalue weighted by Gasteiger charge is -2.33. The molecule has 0 aliphatic carbocycles. The predicted octanol–water partition coefficient (Wildman–Crippen LogP) is 3.23. The van der Waals surface area contributed by atoms with Crippen LogP contribution in [0.3, 0.4) is 0 Å². The molecule has 1 saturated heterocycles. The largest absolute Gasteiger partial charge is 0.503 e. The van der Waals surface area contributed by atoms with Gasteiger partial charge in [0, 0.05) is 24.2 Å². The molecule has 1 atom stereocenters. The number of phenols is 1. The van der Waals surface area contributed by atoms with Gasteiger partial charge in [-0.1, -0.05) is 0 Å². The Morgan fingerprint density at radius 2 is 1.92 bits per heavy atom. The Morgan fingerprint density at radius 3 is 2.64 bits per heavy atom. The summed E-state index contributed by atoms with van der Waals surface area (Å²) in [5.41, 5.74) is 1.72. The second kappa shape index (κ2) is 6.00. The zero-order valence-electron chi connectivity index (χ0n) is 13.6. The number of aromatic nitrogens is 2. The SMILES string of the molecule is CC1CN(c2ccc(-n3ncc4cc(F)c(O)c(F)c43)cc2)CCO1. The lowest BCUT2D eigenvalue weighted by atomic mass is 10.2. The van der Waals surface area contributed by atoms with Crippen LogP contribution >= 0.6 is 0 Å². The van der Waals surface area contributed by atoms with Crippen molar-refractivity contribution in [3.63, 3.8) is 0 Å². The molecule has 3 aromatic rings. The maximum atomic E-state index is 14.3. The van der Waals surface area contributed by atoms with Crippen LogP contribution in [0.1, 0.15) is 6.92 Å². The first-order valence-electron chi connectivity index (χ1n) is 8.06. The summed E-state index contributed by atoms with van der Waals surface area (Å²) in [6, 6.07) is 8.58. The number of aromatic hydroxyl groups is 1. The second-order valence-electron chi connectivity index (χ2n) is 6.16. The van der Waals surface area contributed by atoms with Crippen molar-refractivity contribution < 1.29 is 18.6 Å². The smallest absolute Gasteiger partial charge is 0.194 e. The molecular weight excluding hydrogens is 328 g/mol. The number of morpholine rings is 1. The molecule has 0 radical (unpaired) electrons. The van der Waals surface area contributed by atoms with E-state index in [1.54, 1.807) is 0 Å². The quantitative estimate of drug-likeness (QED) is 0.775. The van der Waals surface area contributed by atoms with Crippen LogP contribution in [0, 0.1) is 11.6 Å². The number of rotatable bonds is 2. The molecular formula is C18H17F2N3O2. The van der Waals surface area contributed by atoms with Gasteiger partial charge in [0.25, 0.3) is 0 Å². The van der Waals surface area contributed by atoms with Gasteiger partial charge in [-0.3, -0.25) is 0 Å². The molecule has 7 heteroatoms. The van der Waals surface area contributed by atoms with Gasteiger partial charge in [0.1, 0.15) is 5.52 Å². The summed E-state index contributed by atoms with van der Waals surface area (Å²) >= 11 is 0. The van der Waals surface area contributed by atoms with Crippen LogP contribution in [0.4, 0.5) is 14.5 Å². The molecule has 0 saturated carbocycles. The Kier molecular flexibility index (Phi) is 3.80. The van der Waals surface area contributed by atoms with Crippen molar-refractivity contribution >= 4 is 16.6 Å². The van der Waals surface area contributed by atoms with Crippen molar-refractivity contribution in [3.05, 3.63) is 48.2 Å². The molecule has 130 valence electrons. The molecule has 1 aromatic heterocycles. The molecule has 0 spiro atoms. The lowest BCUT2D eigenvalue weighted by Crippen LogP contribution is -2.41. The summed E-state index contributed by atoms with van der Waals surface area (Å²) in [7, 11) is 0. The van der Waals surface area contributed by atoms with Crippen LogP contribution in [-0.2, 0) is 4.74 Å². The molecule has 1 fully saturated rings. The third-order valence-corrected chi connectivity index (χ3v) is 4.42. The average Bonchev–Trinajstić information content (AvgIpc) is 3.04. The van der Waals surface area contributed by atoms with Gasteiger partial charge < -0.3 is 14.7 Å².